The van der Waals surface area contributed by atoms with Crippen LogP contribution in [0, 0.1) is 0 Å². The van der Waals surface area contributed by atoms with Crippen molar-refractivity contribution in [3.05, 3.63) is 18.2 Å². The zero-order valence-corrected chi connectivity index (χ0v) is 11.8. The zero-order chi connectivity index (χ0) is 13.9. The van der Waals surface area contributed by atoms with Crippen LogP contribution in [0.1, 0.15) is 19.8 Å². The molecule has 1 aliphatic heterocycles. The van der Waals surface area contributed by atoms with Crippen molar-refractivity contribution in [2.24, 2.45) is 5.73 Å². The summed E-state index contributed by atoms with van der Waals surface area (Å²) < 4.78 is 35.8. The standard InChI is InChI=1S/C13H19NO4S/c1-2-10(5-6-14)19(15,16)11-3-4-12-13(9-11)18-8-7-17-12/h3-4,9-10H,2,5-8,14H2,1H3. The molecule has 0 saturated carbocycles. The summed E-state index contributed by atoms with van der Waals surface area (Å²) >= 11 is 0. The maximum absolute atomic E-state index is 12.5. The Morgan fingerprint density at radius 3 is 2.58 bits per heavy atom. The lowest BCUT2D eigenvalue weighted by Crippen LogP contribution is -2.24. The second kappa shape index (κ2) is 5.79. The lowest BCUT2D eigenvalue weighted by molar-refractivity contribution is 0.171. The van der Waals surface area contributed by atoms with Crippen molar-refractivity contribution < 1.29 is 17.9 Å². The predicted molar refractivity (Wildman–Crippen MR) is 72.4 cm³/mol. The van der Waals surface area contributed by atoms with Gasteiger partial charge in [0.15, 0.2) is 21.3 Å². The number of hydrogen-bond donors (Lipinski definition) is 1. The minimum absolute atomic E-state index is 0.275. The van der Waals surface area contributed by atoms with E-state index < -0.39 is 15.1 Å². The van der Waals surface area contributed by atoms with Gasteiger partial charge in [0.1, 0.15) is 13.2 Å². The fourth-order valence-corrected chi connectivity index (χ4v) is 3.96. The summed E-state index contributed by atoms with van der Waals surface area (Å²) in [5, 5.41) is -0.444. The van der Waals surface area contributed by atoms with Crippen molar-refractivity contribution in [3.63, 3.8) is 0 Å². The molecule has 0 radical (unpaired) electrons. The molecule has 2 rings (SSSR count). The van der Waals surface area contributed by atoms with Crippen molar-refractivity contribution in [2.75, 3.05) is 19.8 Å². The number of nitrogens with two attached hydrogens (primary N) is 1. The summed E-state index contributed by atoms with van der Waals surface area (Å²) in [5.74, 6) is 1.09. The van der Waals surface area contributed by atoms with Gasteiger partial charge in [0.2, 0.25) is 0 Å². The van der Waals surface area contributed by atoms with Crippen molar-refractivity contribution in [2.45, 2.75) is 29.9 Å². The molecule has 0 saturated heterocycles. The van der Waals surface area contributed by atoms with Crippen molar-refractivity contribution in [1.82, 2.24) is 0 Å². The Bertz CT molecular complexity index is 542. The normalized spacial score (nSPS) is 16.1. The monoisotopic (exact) mass is 285 g/mol. The van der Waals surface area contributed by atoms with E-state index in [4.69, 9.17) is 15.2 Å². The van der Waals surface area contributed by atoms with Crippen molar-refractivity contribution in [3.8, 4) is 11.5 Å². The third-order valence-corrected chi connectivity index (χ3v) is 5.58. The van der Waals surface area contributed by atoms with Crippen LogP contribution in [0.5, 0.6) is 11.5 Å². The lowest BCUT2D eigenvalue weighted by atomic mass is 10.2. The average molecular weight is 285 g/mol. The molecular formula is C13H19NO4S. The minimum Gasteiger partial charge on any atom is -0.486 e. The molecule has 0 fully saturated rings. The van der Waals surface area contributed by atoms with Gasteiger partial charge in [0.05, 0.1) is 10.1 Å². The largest absolute Gasteiger partial charge is 0.486 e. The number of fused-ring (bicyclic) bond motifs is 1. The summed E-state index contributed by atoms with van der Waals surface area (Å²) in [7, 11) is -3.36. The van der Waals surface area contributed by atoms with Crippen LogP contribution in [0.3, 0.4) is 0 Å². The summed E-state index contributed by atoms with van der Waals surface area (Å²) in [5.41, 5.74) is 5.48. The van der Waals surface area contributed by atoms with Crippen molar-refractivity contribution >= 4 is 9.84 Å². The molecule has 1 heterocycles. The Balaban J connectivity index is 2.35. The van der Waals surface area contributed by atoms with Gasteiger partial charge in [-0.05, 0) is 31.5 Å². The highest BCUT2D eigenvalue weighted by Gasteiger charge is 2.27. The molecule has 6 heteroatoms. The Hall–Kier alpha value is -1.27. The Morgan fingerprint density at radius 1 is 1.26 bits per heavy atom. The quantitative estimate of drug-likeness (QED) is 0.883. The highest BCUT2D eigenvalue weighted by molar-refractivity contribution is 7.92. The molecule has 2 N–H and O–H groups in total. The summed E-state index contributed by atoms with van der Waals surface area (Å²) in [6, 6.07) is 4.77. The van der Waals surface area contributed by atoms with E-state index in [1.165, 1.54) is 0 Å². The van der Waals surface area contributed by atoms with E-state index in [0.29, 0.717) is 44.1 Å². The Morgan fingerprint density at radius 2 is 1.95 bits per heavy atom. The smallest absolute Gasteiger partial charge is 0.181 e. The van der Waals surface area contributed by atoms with Gasteiger partial charge < -0.3 is 15.2 Å². The van der Waals surface area contributed by atoms with E-state index in [0.717, 1.165) is 0 Å². The van der Waals surface area contributed by atoms with Gasteiger partial charge in [0.25, 0.3) is 0 Å². The second-order valence-electron chi connectivity index (χ2n) is 4.46. The van der Waals surface area contributed by atoms with E-state index in [1.54, 1.807) is 18.2 Å². The molecule has 1 unspecified atom stereocenters. The van der Waals surface area contributed by atoms with E-state index in [2.05, 4.69) is 0 Å². The van der Waals surface area contributed by atoms with Crippen LogP contribution in [0.25, 0.3) is 0 Å². The molecule has 0 spiro atoms. The SMILES string of the molecule is CCC(CCN)S(=O)(=O)c1ccc2c(c1)OCCO2. The maximum atomic E-state index is 12.5. The van der Waals surface area contributed by atoms with Gasteiger partial charge in [-0.25, -0.2) is 8.42 Å². The summed E-state index contributed by atoms with van der Waals surface area (Å²) in [6.07, 6.45) is 1.02. The Labute approximate surface area is 113 Å². The fraction of sp³-hybridized carbons (Fsp3) is 0.538. The molecule has 0 amide bonds. The number of rotatable bonds is 5. The van der Waals surface area contributed by atoms with Gasteiger partial charge in [-0.2, -0.15) is 0 Å². The first-order valence-corrected chi connectivity index (χ1v) is 7.97. The minimum atomic E-state index is -3.36. The molecule has 19 heavy (non-hydrogen) atoms. The van der Waals surface area contributed by atoms with Gasteiger partial charge >= 0.3 is 0 Å². The predicted octanol–water partition coefficient (Wildman–Crippen LogP) is 1.36. The molecule has 106 valence electrons. The number of ether oxygens (including phenoxy) is 2. The van der Waals surface area contributed by atoms with E-state index in [-0.39, 0.29) is 4.90 Å². The summed E-state index contributed by atoms with van der Waals surface area (Å²) in [4.78, 5) is 0.275. The molecule has 0 aliphatic carbocycles. The molecular weight excluding hydrogens is 266 g/mol. The average Bonchev–Trinajstić information content (AvgIpc) is 2.44. The summed E-state index contributed by atoms with van der Waals surface area (Å²) in [6.45, 7) is 3.15. The number of benzene rings is 1. The van der Waals surface area contributed by atoms with Gasteiger partial charge in [-0.15, -0.1) is 0 Å². The van der Waals surface area contributed by atoms with E-state index in [9.17, 15) is 8.42 Å². The first kappa shape index (κ1) is 14.1. The molecule has 5 nitrogen and oxygen atoms in total. The molecule has 1 aromatic rings. The molecule has 1 aromatic carbocycles. The lowest BCUT2D eigenvalue weighted by Gasteiger charge is -2.20. The van der Waals surface area contributed by atoms with Crippen LogP contribution in [-0.4, -0.2) is 33.4 Å². The Kier molecular flexibility index (Phi) is 4.31. The zero-order valence-electron chi connectivity index (χ0n) is 11.0. The van der Waals surface area contributed by atoms with Crippen LogP contribution in [0.2, 0.25) is 0 Å². The molecule has 1 aliphatic rings. The highest BCUT2D eigenvalue weighted by Crippen LogP contribution is 2.33. The van der Waals surface area contributed by atoms with Gasteiger partial charge in [0, 0.05) is 6.07 Å². The molecule has 0 aromatic heterocycles. The maximum Gasteiger partial charge on any atom is 0.181 e. The third kappa shape index (κ3) is 2.84. The molecule has 1 atom stereocenters. The van der Waals surface area contributed by atoms with Gasteiger partial charge in [-0.3, -0.25) is 0 Å². The highest BCUT2D eigenvalue weighted by atomic mass is 32.2. The van der Waals surface area contributed by atoms with Crippen LogP contribution in [0.15, 0.2) is 23.1 Å². The van der Waals surface area contributed by atoms with Crippen molar-refractivity contribution in [1.29, 1.82) is 0 Å². The van der Waals surface area contributed by atoms with E-state index in [1.807, 2.05) is 6.92 Å². The van der Waals surface area contributed by atoms with E-state index >= 15 is 0 Å². The number of hydrogen-bond acceptors (Lipinski definition) is 5. The molecule has 0 bridgehead atoms. The first-order chi connectivity index (χ1) is 9.09. The van der Waals surface area contributed by atoms with Crippen LogP contribution in [-0.2, 0) is 9.84 Å². The number of sulfone groups is 1. The van der Waals surface area contributed by atoms with Crippen LogP contribution >= 0.6 is 0 Å². The van der Waals surface area contributed by atoms with Crippen LogP contribution in [0.4, 0.5) is 0 Å². The van der Waals surface area contributed by atoms with Crippen LogP contribution < -0.4 is 15.2 Å². The second-order valence-corrected chi connectivity index (χ2v) is 6.69. The third-order valence-electron chi connectivity index (χ3n) is 3.22. The fourth-order valence-electron chi connectivity index (χ4n) is 2.16. The topological polar surface area (TPSA) is 78.6 Å². The van der Waals surface area contributed by atoms with Gasteiger partial charge in [-0.1, -0.05) is 6.92 Å². The first-order valence-electron chi connectivity index (χ1n) is 6.43.